The van der Waals surface area contributed by atoms with Gasteiger partial charge in [-0.3, -0.25) is 4.90 Å². The maximum Gasteiger partial charge on any atom is 0.408 e. The number of carbonyl (C=O) groups excluding carboxylic acids is 1. The molecule has 0 radical (unpaired) electrons. The fraction of sp³-hybridized carbons (Fsp3) is 0.276. The minimum atomic E-state index is -0.558. The maximum atomic E-state index is 12.8. The number of amides is 1. The number of hydrogen-bond acceptors (Lipinski definition) is 3. The van der Waals surface area contributed by atoms with Crippen LogP contribution in [0.3, 0.4) is 0 Å². The quantitative estimate of drug-likeness (QED) is 0.486. The minimum absolute atomic E-state index is 0.0344. The van der Waals surface area contributed by atoms with Crippen molar-refractivity contribution in [2.24, 2.45) is 0 Å². The first-order valence-electron chi connectivity index (χ1n) is 11.5. The zero-order valence-electron chi connectivity index (χ0n) is 19.6. The van der Waals surface area contributed by atoms with Crippen LogP contribution < -0.4 is 5.32 Å². The van der Waals surface area contributed by atoms with E-state index >= 15 is 0 Å². The average Bonchev–Trinajstić information content (AvgIpc) is 2.79. The molecule has 0 bridgehead atoms. The predicted octanol–water partition coefficient (Wildman–Crippen LogP) is 6.35. The third kappa shape index (κ3) is 6.11. The summed E-state index contributed by atoms with van der Waals surface area (Å²) in [4.78, 5) is 15.3. The highest BCUT2D eigenvalue weighted by Gasteiger charge is 2.33. The van der Waals surface area contributed by atoms with Gasteiger partial charge < -0.3 is 10.1 Å². The van der Waals surface area contributed by atoms with E-state index in [2.05, 4.69) is 83.0 Å². The van der Waals surface area contributed by atoms with E-state index in [1.807, 2.05) is 45.0 Å². The van der Waals surface area contributed by atoms with Crippen molar-refractivity contribution in [2.75, 3.05) is 0 Å². The molecule has 0 fully saturated rings. The molecule has 1 N–H and O–H groups in total. The van der Waals surface area contributed by atoms with E-state index in [1.165, 1.54) is 11.1 Å². The molecule has 4 nitrogen and oxygen atoms in total. The van der Waals surface area contributed by atoms with Gasteiger partial charge in [0.2, 0.25) is 0 Å². The van der Waals surface area contributed by atoms with Gasteiger partial charge in [-0.25, -0.2) is 4.79 Å². The van der Waals surface area contributed by atoms with Gasteiger partial charge in [0.05, 0.1) is 12.1 Å². The second-order valence-electron chi connectivity index (χ2n) is 9.48. The Morgan fingerprint density at radius 2 is 1.39 bits per heavy atom. The standard InChI is InChI=1S/C29H32N2O2/c1-29(2,3)33-28(32)30-27-25-17-11-10-16-24(25)18-19-26(27)31(20-22-12-6-4-7-13-22)21-23-14-8-5-9-15-23/h4-19,26-27H,20-21H2,1-3H3,(H,30,32)/t26-,27-/m0/s1. The van der Waals surface area contributed by atoms with Gasteiger partial charge in [-0.05, 0) is 43.0 Å². The van der Waals surface area contributed by atoms with Crippen LogP contribution in [-0.4, -0.2) is 22.6 Å². The molecule has 0 aromatic heterocycles. The van der Waals surface area contributed by atoms with Crippen LogP contribution in [0.4, 0.5) is 4.79 Å². The van der Waals surface area contributed by atoms with E-state index in [-0.39, 0.29) is 12.1 Å². The van der Waals surface area contributed by atoms with Gasteiger partial charge in [-0.2, -0.15) is 0 Å². The lowest BCUT2D eigenvalue weighted by Gasteiger charge is -2.39. The molecule has 0 saturated heterocycles. The SMILES string of the molecule is CC(C)(C)OC(=O)N[C@H]1c2ccccc2C=C[C@@H]1N(Cc1ccccc1)Cc1ccccc1. The molecule has 170 valence electrons. The number of carbonyl (C=O) groups is 1. The van der Waals surface area contributed by atoms with Crippen LogP contribution >= 0.6 is 0 Å². The summed E-state index contributed by atoms with van der Waals surface area (Å²) in [5.74, 6) is 0. The topological polar surface area (TPSA) is 41.6 Å². The molecule has 0 spiro atoms. The summed E-state index contributed by atoms with van der Waals surface area (Å²) in [6.07, 6.45) is 3.97. The predicted molar refractivity (Wildman–Crippen MR) is 134 cm³/mol. The third-order valence-electron chi connectivity index (χ3n) is 5.70. The number of nitrogens with one attached hydrogen (secondary N) is 1. The molecule has 4 heteroatoms. The zero-order chi connectivity index (χ0) is 23.3. The summed E-state index contributed by atoms with van der Waals surface area (Å²) in [6, 6.07) is 28.9. The monoisotopic (exact) mass is 440 g/mol. The fourth-order valence-corrected chi connectivity index (χ4v) is 4.28. The van der Waals surface area contributed by atoms with Crippen LogP contribution in [0.2, 0.25) is 0 Å². The summed E-state index contributed by atoms with van der Waals surface area (Å²) in [5.41, 5.74) is 4.13. The number of benzene rings is 3. The zero-order valence-corrected chi connectivity index (χ0v) is 19.6. The molecule has 1 aliphatic rings. The number of nitrogens with zero attached hydrogens (tertiary/aromatic N) is 1. The third-order valence-corrected chi connectivity index (χ3v) is 5.70. The molecule has 33 heavy (non-hydrogen) atoms. The number of fused-ring (bicyclic) bond motifs is 1. The number of alkyl carbamates (subject to hydrolysis) is 1. The Morgan fingerprint density at radius 1 is 0.848 bits per heavy atom. The number of ether oxygens (including phenoxy) is 1. The normalized spacial score (nSPS) is 17.5. The molecular formula is C29H32N2O2. The van der Waals surface area contributed by atoms with Crippen LogP contribution in [0.15, 0.2) is 91.0 Å². The molecule has 2 atom stereocenters. The highest BCUT2D eigenvalue weighted by Crippen LogP contribution is 2.33. The minimum Gasteiger partial charge on any atom is -0.444 e. The van der Waals surface area contributed by atoms with Crippen molar-refractivity contribution < 1.29 is 9.53 Å². The highest BCUT2D eigenvalue weighted by molar-refractivity contribution is 5.70. The Bertz CT molecular complexity index is 1050. The molecule has 4 rings (SSSR count). The van der Waals surface area contributed by atoms with Crippen molar-refractivity contribution in [2.45, 2.75) is 51.5 Å². The van der Waals surface area contributed by atoms with Crippen LogP contribution in [0, 0.1) is 0 Å². The molecule has 3 aromatic carbocycles. The largest absolute Gasteiger partial charge is 0.444 e. The average molecular weight is 441 g/mol. The van der Waals surface area contributed by atoms with E-state index < -0.39 is 11.7 Å². The fourth-order valence-electron chi connectivity index (χ4n) is 4.28. The summed E-state index contributed by atoms with van der Waals surface area (Å²) in [5, 5.41) is 3.18. The van der Waals surface area contributed by atoms with Gasteiger partial charge in [0.1, 0.15) is 5.60 Å². The van der Waals surface area contributed by atoms with Crippen LogP contribution in [0.25, 0.3) is 6.08 Å². The van der Waals surface area contributed by atoms with Gasteiger partial charge in [0.15, 0.2) is 0 Å². The second-order valence-corrected chi connectivity index (χ2v) is 9.48. The lowest BCUT2D eigenvalue weighted by Crippen LogP contribution is -2.47. The first-order valence-corrected chi connectivity index (χ1v) is 11.5. The molecular weight excluding hydrogens is 408 g/mol. The second kappa shape index (κ2) is 10.1. The van der Waals surface area contributed by atoms with E-state index in [1.54, 1.807) is 0 Å². The van der Waals surface area contributed by atoms with Gasteiger partial charge >= 0.3 is 6.09 Å². The van der Waals surface area contributed by atoms with Gasteiger partial charge in [0.25, 0.3) is 0 Å². The summed E-state index contributed by atoms with van der Waals surface area (Å²) in [6.45, 7) is 7.18. The molecule has 1 aliphatic carbocycles. The van der Waals surface area contributed by atoms with Crippen molar-refractivity contribution in [1.29, 1.82) is 0 Å². The van der Waals surface area contributed by atoms with Gasteiger partial charge in [0, 0.05) is 13.1 Å². The van der Waals surface area contributed by atoms with Crippen LogP contribution in [-0.2, 0) is 17.8 Å². The molecule has 0 heterocycles. The van der Waals surface area contributed by atoms with E-state index in [9.17, 15) is 4.79 Å². The van der Waals surface area contributed by atoms with Crippen LogP contribution in [0.5, 0.6) is 0 Å². The number of rotatable bonds is 6. The Morgan fingerprint density at radius 3 is 1.97 bits per heavy atom. The van der Waals surface area contributed by atoms with Gasteiger partial charge in [-0.1, -0.05) is 97.1 Å². The summed E-state index contributed by atoms with van der Waals surface area (Å²) >= 11 is 0. The molecule has 0 aliphatic heterocycles. The van der Waals surface area contributed by atoms with Crippen molar-refractivity contribution >= 4 is 12.2 Å². The van der Waals surface area contributed by atoms with Crippen molar-refractivity contribution in [1.82, 2.24) is 10.2 Å². The van der Waals surface area contributed by atoms with E-state index in [0.717, 1.165) is 24.2 Å². The van der Waals surface area contributed by atoms with Crippen LogP contribution in [0.1, 0.15) is 49.1 Å². The first kappa shape index (κ1) is 22.8. The Balaban J connectivity index is 1.68. The maximum absolute atomic E-state index is 12.8. The van der Waals surface area contributed by atoms with Crippen molar-refractivity contribution in [3.8, 4) is 0 Å². The molecule has 3 aromatic rings. The molecule has 1 amide bonds. The Kier molecular flexibility index (Phi) is 6.95. The first-order chi connectivity index (χ1) is 15.9. The van der Waals surface area contributed by atoms with Crippen molar-refractivity contribution in [3.63, 3.8) is 0 Å². The van der Waals surface area contributed by atoms with E-state index in [0.29, 0.717) is 0 Å². The highest BCUT2D eigenvalue weighted by atomic mass is 16.6. The summed E-state index contributed by atoms with van der Waals surface area (Å²) < 4.78 is 5.63. The van der Waals surface area contributed by atoms with Gasteiger partial charge in [-0.15, -0.1) is 0 Å². The number of hydrogen-bond donors (Lipinski definition) is 1. The Hall–Kier alpha value is -3.37. The Labute approximate surface area is 196 Å². The molecule has 0 unspecified atom stereocenters. The lowest BCUT2D eigenvalue weighted by atomic mass is 9.88. The summed E-state index contributed by atoms with van der Waals surface area (Å²) in [7, 11) is 0. The smallest absolute Gasteiger partial charge is 0.408 e. The van der Waals surface area contributed by atoms with Crippen molar-refractivity contribution in [3.05, 3.63) is 113 Å². The molecule has 0 saturated carbocycles. The lowest BCUT2D eigenvalue weighted by molar-refractivity contribution is 0.0467. The van der Waals surface area contributed by atoms with E-state index in [4.69, 9.17) is 4.74 Å².